The van der Waals surface area contributed by atoms with E-state index in [2.05, 4.69) is 0 Å². The lowest BCUT2D eigenvalue weighted by atomic mass is 9.80. The lowest BCUT2D eigenvalue weighted by Crippen LogP contribution is -2.47. The van der Waals surface area contributed by atoms with Gasteiger partial charge in [-0.2, -0.15) is 0 Å². The number of halogens is 2. The van der Waals surface area contributed by atoms with E-state index in [1.807, 2.05) is 0 Å². The van der Waals surface area contributed by atoms with E-state index in [-0.39, 0.29) is 30.1 Å². The Morgan fingerprint density at radius 3 is 2.62 bits per heavy atom. The second-order valence-corrected chi connectivity index (χ2v) is 7.76. The molecule has 26 heavy (non-hydrogen) atoms. The van der Waals surface area contributed by atoms with Crippen molar-refractivity contribution < 1.29 is 23.5 Å². The van der Waals surface area contributed by atoms with E-state index >= 15 is 0 Å². The van der Waals surface area contributed by atoms with Crippen LogP contribution in [0.2, 0.25) is 5.02 Å². The van der Waals surface area contributed by atoms with Crippen molar-refractivity contribution >= 4 is 23.7 Å². The quantitative estimate of drug-likeness (QED) is 0.724. The van der Waals surface area contributed by atoms with E-state index in [4.69, 9.17) is 21.1 Å². The fraction of sp³-hybridized carbons (Fsp3) is 0.579. The maximum absolute atomic E-state index is 13.9. The predicted molar refractivity (Wildman–Crippen MR) is 96.7 cm³/mol. The smallest absolute Gasteiger partial charge is 0.410 e. The van der Waals surface area contributed by atoms with Crippen LogP contribution >= 0.6 is 11.6 Å². The summed E-state index contributed by atoms with van der Waals surface area (Å²) < 4.78 is 24.5. The Balaban J connectivity index is 2.27. The van der Waals surface area contributed by atoms with Gasteiger partial charge in [0.05, 0.1) is 17.5 Å². The minimum Gasteiger partial charge on any atom is -0.466 e. The molecule has 0 aliphatic carbocycles. The molecule has 1 aliphatic rings. The molecule has 2 unspecified atom stereocenters. The molecule has 144 valence electrons. The summed E-state index contributed by atoms with van der Waals surface area (Å²) in [5, 5.41) is 0.0150. The zero-order valence-electron chi connectivity index (χ0n) is 15.6. The van der Waals surface area contributed by atoms with E-state index in [0.29, 0.717) is 18.5 Å². The van der Waals surface area contributed by atoms with Crippen LogP contribution in [0.1, 0.15) is 45.6 Å². The van der Waals surface area contributed by atoms with Gasteiger partial charge in [-0.15, -0.1) is 0 Å². The van der Waals surface area contributed by atoms with Crippen molar-refractivity contribution in [2.45, 2.75) is 45.6 Å². The van der Waals surface area contributed by atoms with Crippen molar-refractivity contribution in [3.63, 3.8) is 0 Å². The maximum Gasteiger partial charge on any atom is 0.410 e. The summed E-state index contributed by atoms with van der Waals surface area (Å²) in [6.07, 6.45) is -0.0215. The average Bonchev–Trinajstić information content (AvgIpc) is 2.55. The highest BCUT2D eigenvalue weighted by Gasteiger charge is 2.39. The molecule has 1 fully saturated rings. The van der Waals surface area contributed by atoms with E-state index in [1.54, 1.807) is 38.7 Å². The Morgan fingerprint density at radius 2 is 2.04 bits per heavy atom. The number of piperidine rings is 1. The van der Waals surface area contributed by atoms with Crippen LogP contribution in [0.25, 0.3) is 0 Å². The van der Waals surface area contributed by atoms with Crippen molar-refractivity contribution in [2.75, 3.05) is 19.7 Å². The van der Waals surface area contributed by atoms with Gasteiger partial charge in [0, 0.05) is 19.0 Å². The first-order chi connectivity index (χ1) is 12.1. The number of hydrogen-bond donors (Lipinski definition) is 0. The number of rotatable bonds is 3. The number of hydrogen-bond acceptors (Lipinski definition) is 4. The Bertz CT molecular complexity index is 674. The molecule has 0 bridgehead atoms. The van der Waals surface area contributed by atoms with Crippen LogP contribution in [0.4, 0.5) is 9.18 Å². The van der Waals surface area contributed by atoms with Crippen LogP contribution in [0, 0.1) is 11.7 Å². The SMILES string of the molecule is CCOC(=O)C1CCN(C(=O)OC(C)(C)C)CC1c1ccc(Cl)c(F)c1. The summed E-state index contributed by atoms with van der Waals surface area (Å²) in [6, 6.07) is 4.46. The molecule has 5 nitrogen and oxygen atoms in total. The van der Waals surface area contributed by atoms with Gasteiger partial charge >= 0.3 is 12.1 Å². The van der Waals surface area contributed by atoms with Crippen molar-refractivity contribution in [1.82, 2.24) is 4.90 Å². The van der Waals surface area contributed by atoms with E-state index in [9.17, 15) is 14.0 Å². The molecule has 1 aliphatic heterocycles. The van der Waals surface area contributed by atoms with Gasteiger partial charge in [-0.25, -0.2) is 9.18 Å². The highest BCUT2D eigenvalue weighted by atomic mass is 35.5. The van der Waals surface area contributed by atoms with Gasteiger partial charge in [-0.3, -0.25) is 4.79 Å². The molecule has 2 rings (SSSR count). The number of carbonyl (C=O) groups is 2. The van der Waals surface area contributed by atoms with Gasteiger partial charge in [0.15, 0.2) is 0 Å². The van der Waals surface area contributed by atoms with Gasteiger partial charge in [-0.05, 0) is 51.8 Å². The number of ether oxygens (including phenoxy) is 2. The fourth-order valence-corrected chi connectivity index (χ4v) is 3.17. The van der Waals surface area contributed by atoms with Gasteiger partial charge in [0.25, 0.3) is 0 Å². The second kappa shape index (κ2) is 8.25. The Kier molecular flexibility index (Phi) is 6.50. The lowest BCUT2D eigenvalue weighted by Gasteiger charge is -2.38. The van der Waals surface area contributed by atoms with Crippen molar-refractivity contribution in [1.29, 1.82) is 0 Å². The van der Waals surface area contributed by atoms with Crippen LogP contribution in [0.5, 0.6) is 0 Å². The highest BCUT2D eigenvalue weighted by Crippen LogP contribution is 2.35. The molecule has 0 aromatic heterocycles. The maximum atomic E-state index is 13.9. The van der Waals surface area contributed by atoms with Crippen LogP contribution in [0.3, 0.4) is 0 Å². The summed E-state index contributed by atoms with van der Waals surface area (Å²) >= 11 is 5.77. The van der Waals surface area contributed by atoms with Gasteiger partial charge in [0.2, 0.25) is 0 Å². The van der Waals surface area contributed by atoms with E-state index in [0.717, 1.165) is 0 Å². The molecule has 1 heterocycles. The molecule has 0 saturated carbocycles. The Labute approximate surface area is 158 Å². The number of carbonyl (C=O) groups excluding carboxylic acids is 2. The third kappa shape index (κ3) is 5.10. The molecule has 1 aromatic carbocycles. The van der Waals surface area contributed by atoms with Crippen LogP contribution in [-0.2, 0) is 14.3 Å². The number of esters is 1. The minimum absolute atomic E-state index is 0.0150. The van der Waals surface area contributed by atoms with Gasteiger partial charge in [-0.1, -0.05) is 17.7 Å². The summed E-state index contributed by atoms with van der Waals surface area (Å²) in [7, 11) is 0. The van der Waals surface area contributed by atoms with Crippen molar-refractivity contribution in [3.05, 3.63) is 34.6 Å². The third-order valence-electron chi connectivity index (χ3n) is 4.23. The summed E-state index contributed by atoms with van der Waals surface area (Å²) in [4.78, 5) is 26.3. The number of nitrogens with zero attached hydrogens (tertiary/aromatic N) is 1. The monoisotopic (exact) mass is 385 g/mol. The zero-order chi connectivity index (χ0) is 19.5. The summed E-state index contributed by atoms with van der Waals surface area (Å²) in [5.74, 6) is -1.73. The molecule has 0 radical (unpaired) electrons. The Morgan fingerprint density at radius 1 is 1.35 bits per heavy atom. The van der Waals surface area contributed by atoms with Crippen LogP contribution in [-0.4, -0.2) is 42.3 Å². The molecule has 1 amide bonds. The number of amides is 1. The molecule has 1 saturated heterocycles. The minimum atomic E-state index is -0.614. The first-order valence-corrected chi connectivity index (χ1v) is 9.09. The van der Waals surface area contributed by atoms with Crippen molar-refractivity contribution in [3.8, 4) is 0 Å². The first kappa shape index (κ1) is 20.5. The molecule has 0 spiro atoms. The van der Waals surface area contributed by atoms with E-state index in [1.165, 1.54) is 12.1 Å². The number of benzene rings is 1. The lowest BCUT2D eigenvalue weighted by molar-refractivity contribution is -0.150. The highest BCUT2D eigenvalue weighted by molar-refractivity contribution is 6.30. The third-order valence-corrected chi connectivity index (χ3v) is 4.53. The molecule has 0 N–H and O–H groups in total. The Hall–Kier alpha value is -1.82. The fourth-order valence-electron chi connectivity index (χ4n) is 3.06. The normalized spacial score (nSPS) is 20.6. The first-order valence-electron chi connectivity index (χ1n) is 8.72. The van der Waals surface area contributed by atoms with Crippen molar-refractivity contribution in [2.24, 2.45) is 5.92 Å². The predicted octanol–water partition coefficient (Wildman–Crippen LogP) is 4.38. The second-order valence-electron chi connectivity index (χ2n) is 7.35. The van der Waals surface area contributed by atoms with E-state index < -0.39 is 23.4 Å². The van der Waals surface area contributed by atoms with Crippen LogP contribution < -0.4 is 0 Å². The molecule has 7 heteroatoms. The zero-order valence-corrected chi connectivity index (χ0v) is 16.3. The topological polar surface area (TPSA) is 55.8 Å². The molecule has 1 aromatic rings. The van der Waals surface area contributed by atoms with Gasteiger partial charge in [0.1, 0.15) is 11.4 Å². The van der Waals surface area contributed by atoms with Crippen LogP contribution in [0.15, 0.2) is 18.2 Å². The largest absolute Gasteiger partial charge is 0.466 e. The van der Waals surface area contributed by atoms with Gasteiger partial charge < -0.3 is 14.4 Å². The molecular formula is C19H25ClFNO4. The summed E-state index contributed by atoms with van der Waals surface area (Å²) in [5.41, 5.74) is -0.00468. The molecular weight excluding hydrogens is 361 g/mol. The average molecular weight is 386 g/mol. The summed E-state index contributed by atoms with van der Waals surface area (Å²) in [6.45, 7) is 8.02. The number of likely N-dealkylation sites (tertiary alicyclic amines) is 1. The molecule has 2 atom stereocenters. The standard InChI is InChI=1S/C19H25ClFNO4/c1-5-25-17(23)13-8-9-22(18(24)26-19(2,3)4)11-14(13)12-6-7-15(20)16(21)10-12/h6-7,10,13-14H,5,8-9,11H2,1-4H3.